The fourth-order valence-corrected chi connectivity index (χ4v) is 2.55. The molecule has 0 saturated heterocycles. The first-order valence-electron chi connectivity index (χ1n) is 6.24. The predicted octanol–water partition coefficient (Wildman–Crippen LogP) is 3.04. The van der Waals surface area contributed by atoms with Gasteiger partial charge in [0.15, 0.2) is 0 Å². The Kier molecular flexibility index (Phi) is 3.65. The highest BCUT2D eigenvalue weighted by Crippen LogP contribution is 2.28. The van der Waals surface area contributed by atoms with Crippen molar-refractivity contribution in [3.05, 3.63) is 18.3 Å². The lowest BCUT2D eigenvalue weighted by atomic mass is 9.84. The van der Waals surface area contributed by atoms with Crippen molar-refractivity contribution >= 4 is 11.5 Å². The second-order valence-electron chi connectivity index (χ2n) is 4.80. The van der Waals surface area contributed by atoms with Gasteiger partial charge in [0.05, 0.1) is 0 Å². The van der Waals surface area contributed by atoms with Crippen molar-refractivity contribution in [3.63, 3.8) is 0 Å². The lowest BCUT2D eigenvalue weighted by molar-refractivity contribution is 0.328. The average Bonchev–Trinajstić information content (AvgIpc) is 2.30. The summed E-state index contributed by atoms with van der Waals surface area (Å²) in [5.41, 5.74) is 6.75. The van der Waals surface area contributed by atoms with E-state index in [0.717, 1.165) is 11.6 Å². The van der Waals surface area contributed by atoms with Crippen LogP contribution >= 0.6 is 0 Å². The molecule has 0 aliphatic heterocycles. The lowest BCUT2D eigenvalue weighted by Crippen LogP contribution is -2.27. The van der Waals surface area contributed by atoms with Gasteiger partial charge in [-0.1, -0.05) is 19.3 Å². The number of hydrogen-bond acceptors (Lipinski definition) is 3. The number of anilines is 2. The summed E-state index contributed by atoms with van der Waals surface area (Å²) in [7, 11) is 0. The van der Waals surface area contributed by atoms with Crippen LogP contribution in [0.1, 0.15) is 39.0 Å². The minimum absolute atomic E-state index is 0.530. The van der Waals surface area contributed by atoms with E-state index in [1.807, 2.05) is 12.1 Å². The first kappa shape index (κ1) is 11.2. The zero-order valence-corrected chi connectivity index (χ0v) is 9.95. The molecular weight excluding hydrogens is 198 g/mol. The molecule has 3 N–H and O–H groups in total. The summed E-state index contributed by atoms with van der Waals surface area (Å²) in [4.78, 5) is 4.00. The molecule has 0 aromatic carbocycles. The Balaban J connectivity index is 1.93. The molecule has 1 unspecified atom stereocenters. The van der Waals surface area contributed by atoms with Crippen LogP contribution in [-0.2, 0) is 0 Å². The van der Waals surface area contributed by atoms with E-state index in [9.17, 15) is 0 Å². The minimum atomic E-state index is 0.530. The van der Waals surface area contributed by atoms with Gasteiger partial charge in [0.25, 0.3) is 0 Å². The molecular formula is C13H21N3. The van der Waals surface area contributed by atoms with E-state index in [4.69, 9.17) is 5.73 Å². The number of nitrogens with one attached hydrogen (secondary N) is 1. The highest BCUT2D eigenvalue weighted by atomic mass is 14.9. The molecule has 1 aliphatic carbocycles. The third-order valence-corrected chi connectivity index (χ3v) is 3.53. The Morgan fingerprint density at radius 2 is 2.12 bits per heavy atom. The maximum absolute atomic E-state index is 5.66. The summed E-state index contributed by atoms with van der Waals surface area (Å²) in [6.07, 6.45) is 8.64. The number of aromatic nitrogens is 1. The Hall–Kier alpha value is -1.25. The van der Waals surface area contributed by atoms with Crippen LogP contribution in [0.25, 0.3) is 0 Å². The second-order valence-corrected chi connectivity index (χ2v) is 4.80. The Morgan fingerprint density at radius 1 is 1.38 bits per heavy atom. The van der Waals surface area contributed by atoms with Crippen LogP contribution in [0, 0.1) is 5.92 Å². The van der Waals surface area contributed by atoms with Crippen molar-refractivity contribution in [2.45, 2.75) is 45.1 Å². The molecule has 0 radical (unpaired) electrons. The first-order valence-corrected chi connectivity index (χ1v) is 6.24. The molecule has 0 amide bonds. The van der Waals surface area contributed by atoms with Gasteiger partial charge in [-0.05, 0) is 31.7 Å². The largest absolute Gasteiger partial charge is 0.384 e. The Bertz CT molecular complexity index is 332. The van der Waals surface area contributed by atoms with Crippen molar-refractivity contribution in [2.24, 2.45) is 5.92 Å². The van der Waals surface area contributed by atoms with Gasteiger partial charge in [-0.2, -0.15) is 0 Å². The van der Waals surface area contributed by atoms with Crippen molar-refractivity contribution in [1.82, 2.24) is 4.98 Å². The summed E-state index contributed by atoms with van der Waals surface area (Å²) >= 11 is 0. The van der Waals surface area contributed by atoms with Gasteiger partial charge in [0.2, 0.25) is 0 Å². The number of rotatable bonds is 3. The van der Waals surface area contributed by atoms with Gasteiger partial charge >= 0.3 is 0 Å². The van der Waals surface area contributed by atoms with Gasteiger partial charge in [-0.15, -0.1) is 0 Å². The van der Waals surface area contributed by atoms with Crippen LogP contribution in [0.5, 0.6) is 0 Å². The fourth-order valence-electron chi connectivity index (χ4n) is 2.55. The zero-order chi connectivity index (χ0) is 11.4. The van der Waals surface area contributed by atoms with Crippen molar-refractivity contribution in [2.75, 3.05) is 11.1 Å². The molecule has 3 heteroatoms. The zero-order valence-electron chi connectivity index (χ0n) is 9.95. The van der Waals surface area contributed by atoms with E-state index in [-0.39, 0.29) is 0 Å². The monoisotopic (exact) mass is 219 g/mol. The molecule has 3 nitrogen and oxygen atoms in total. The SMILES string of the molecule is CC(Nc1ccnc(N)c1)C1CCCCC1. The van der Waals surface area contributed by atoms with Crippen LogP contribution in [0.15, 0.2) is 18.3 Å². The molecule has 0 spiro atoms. The van der Waals surface area contributed by atoms with Crippen LogP contribution in [-0.4, -0.2) is 11.0 Å². The molecule has 2 rings (SSSR count). The molecule has 1 atom stereocenters. The Morgan fingerprint density at radius 3 is 2.81 bits per heavy atom. The molecule has 16 heavy (non-hydrogen) atoms. The van der Waals surface area contributed by atoms with E-state index in [0.29, 0.717) is 11.9 Å². The van der Waals surface area contributed by atoms with E-state index >= 15 is 0 Å². The van der Waals surface area contributed by atoms with E-state index in [1.54, 1.807) is 6.20 Å². The van der Waals surface area contributed by atoms with E-state index in [1.165, 1.54) is 32.1 Å². The quantitative estimate of drug-likeness (QED) is 0.821. The topological polar surface area (TPSA) is 50.9 Å². The van der Waals surface area contributed by atoms with Gasteiger partial charge in [0.1, 0.15) is 5.82 Å². The van der Waals surface area contributed by atoms with Crippen LogP contribution < -0.4 is 11.1 Å². The van der Waals surface area contributed by atoms with Gasteiger partial charge in [-0.25, -0.2) is 4.98 Å². The fraction of sp³-hybridized carbons (Fsp3) is 0.615. The van der Waals surface area contributed by atoms with Crippen LogP contribution in [0.3, 0.4) is 0 Å². The number of nitrogens with two attached hydrogens (primary N) is 1. The van der Waals surface area contributed by atoms with E-state index < -0.39 is 0 Å². The highest BCUT2D eigenvalue weighted by Gasteiger charge is 2.19. The third-order valence-electron chi connectivity index (χ3n) is 3.53. The first-order chi connectivity index (χ1) is 7.75. The minimum Gasteiger partial charge on any atom is -0.384 e. The molecule has 1 aliphatic rings. The maximum Gasteiger partial charge on any atom is 0.125 e. The average molecular weight is 219 g/mol. The molecule has 1 fully saturated rings. The molecule has 0 bridgehead atoms. The summed E-state index contributed by atoms with van der Waals surface area (Å²) in [6, 6.07) is 4.41. The van der Waals surface area contributed by atoms with Crippen molar-refractivity contribution < 1.29 is 0 Å². The van der Waals surface area contributed by atoms with Crippen molar-refractivity contribution in [3.8, 4) is 0 Å². The Labute approximate surface area is 97.5 Å². The standard InChI is InChI=1S/C13H21N3/c1-10(11-5-3-2-4-6-11)16-12-7-8-15-13(14)9-12/h7-11H,2-6H2,1H3,(H3,14,15,16). The van der Waals surface area contributed by atoms with Gasteiger partial charge in [0, 0.05) is 24.0 Å². The van der Waals surface area contributed by atoms with Gasteiger partial charge < -0.3 is 11.1 Å². The summed E-state index contributed by atoms with van der Waals surface area (Å²) in [5.74, 6) is 1.39. The van der Waals surface area contributed by atoms with Gasteiger partial charge in [-0.3, -0.25) is 0 Å². The number of nitrogen functional groups attached to an aromatic ring is 1. The molecule has 88 valence electrons. The van der Waals surface area contributed by atoms with Crippen LogP contribution in [0.4, 0.5) is 11.5 Å². The summed E-state index contributed by atoms with van der Waals surface area (Å²) < 4.78 is 0. The molecule has 1 aromatic heterocycles. The second kappa shape index (κ2) is 5.19. The lowest BCUT2D eigenvalue weighted by Gasteiger charge is -2.29. The highest BCUT2D eigenvalue weighted by molar-refractivity contribution is 5.50. The molecule has 1 heterocycles. The maximum atomic E-state index is 5.66. The number of pyridine rings is 1. The summed E-state index contributed by atoms with van der Waals surface area (Å²) in [6.45, 7) is 2.27. The van der Waals surface area contributed by atoms with Crippen molar-refractivity contribution in [1.29, 1.82) is 0 Å². The van der Waals surface area contributed by atoms with Crippen LogP contribution in [0.2, 0.25) is 0 Å². The normalized spacial score (nSPS) is 19.3. The number of nitrogens with zero attached hydrogens (tertiary/aromatic N) is 1. The smallest absolute Gasteiger partial charge is 0.125 e. The predicted molar refractivity (Wildman–Crippen MR) is 68.3 cm³/mol. The molecule has 1 saturated carbocycles. The third kappa shape index (κ3) is 2.87. The number of hydrogen-bond donors (Lipinski definition) is 2. The summed E-state index contributed by atoms with van der Waals surface area (Å²) in [5, 5.41) is 3.53. The molecule has 1 aromatic rings. The van der Waals surface area contributed by atoms with E-state index in [2.05, 4.69) is 17.2 Å².